The molecule has 86 valence electrons. The lowest BCUT2D eigenvalue weighted by Crippen LogP contribution is -2.21. The summed E-state index contributed by atoms with van der Waals surface area (Å²) in [5, 5.41) is 0.648. The van der Waals surface area contributed by atoms with Gasteiger partial charge in [-0.05, 0) is 6.07 Å². The Morgan fingerprint density at radius 2 is 2.12 bits per heavy atom. The normalized spacial score (nSPS) is 10.8. The van der Waals surface area contributed by atoms with Gasteiger partial charge in [0, 0.05) is 23.5 Å². The van der Waals surface area contributed by atoms with Gasteiger partial charge in [-0.2, -0.15) is 13.2 Å². The zero-order valence-electron chi connectivity index (χ0n) is 7.99. The number of rotatable bonds is 1. The summed E-state index contributed by atoms with van der Waals surface area (Å²) in [6, 6.07) is 0.750. The van der Waals surface area contributed by atoms with Crippen molar-refractivity contribution >= 4 is 15.9 Å². The molecule has 0 unspecified atom stereocenters. The van der Waals surface area contributed by atoms with E-state index in [1.165, 1.54) is 6.20 Å². The second-order valence-corrected chi connectivity index (χ2v) is 3.66. The Morgan fingerprint density at radius 3 is 2.69 bits per heavy atom. The van der Waals surface area contributed by atoms with E-state index in [1.807, 2.05) is 4.98 Å². The molecule has 1 aromatic heterocycles. The zero-order chi connectivity index (χ0) is 12.2. The van der Waals surface area contributed by atoms with Gasteiger partial charge in [0.05, 0.1) is 0 Å². The number of halogens is 4. The molecule has 0 spiro atoms. The minimum absolute atomic E-state index is 0.146. The van der Waals surface area contributed by atoms with E-state index >= 15 is 0 Å². The first kappa shape index (κ1) is 12.8. The van der Waals surface area contributed by atoms with E-state index < -0.39 is 17.3 Å². The van der Waals surface area contributed by atoms with Crippen molar-refractivity contribution in [2.24, 2.45) is 0 Å². The van der Waals surface area contributed by atoms with Crippen molar-refractivity contribution in [1.29, 1.82) is 0 Å². The van der Waals surface area contributed by atoms with Crippen molar-refractivity contribution < 1.29 is 13.2 Å². The van der Waals surface area contributed by atoms with E-state index in [4.69, 9.17) is 0 Å². The van der Waals surface area contributed by atoms with Crippen LogP contribution in [0.15, 0.2) is 17.1 Å². The predicted molar refractivity (Wildman–Crippen MR) is 57.4 cm³/mol. The van der Waals surface area contributed by atoms with Crippen LogP contribution in [0.2, 0.25) is 0 Å². The number of alkyl halides is 4. The Hall–Kier alpha value is -1.22. The summed E-state index contributed by atoms with van der Waals surface area (Å²) in [5.74, 6) is 5.20. The molecule has 0 amide bonds. The van der Waals surface area contributed by atoms with Crippen LogP contribution in [0.5, 0.6) is 0 Å². The summed E-state index contributed by atoms with van der Waals surface area (Å²) < 4.78 is 37.0. The summed E-state index contributed by atoms with van der Waals surface area (Å²) in [4.78, 5) is 12.9. The highest BCUT2D eigenvalue weighted by atomic mass is 79.9. The van der Waals surface area contributed by atoms with Crippen molar-refractivity contribution in [3.05, 3.63) is 33.7 Å². The molecule has 0 saturated carbocycles. The molecule has 1 rings (SSSR count). The molecule has 0 aromatic carbocycles. The van der Waals surface area contributed by atoms with Crippen molar-refractivity contribution in [3.8, 4) is 11.8 Å². The fourth-order valence-corrected chi connectivity index (χ4v) is 1.18. The molecule has 1 heterocycles. The second-order valence-electron chi connectivity index (χ2n) is 2.87. The number of nitrogens with one attached hydrogen (secondary N) is 1. The zero-order valence-corrected chi connectivity index (χ0v) is 9.58. The van der Waals surface area contributed by atoms with Gasteiger partial charge in [-0.15, -0.1) is 0 Å². The van der Waals surface area contributed by atoms with E-state index in [0.717, 1.165) is 6.07 Å². The van der Waals surface area contributed by atoms with E-state index in [9.17, 15) is 18.0 Å². The molecular weight excluding hydrogens is 287 g/mol. The standard InChI is InChI=1S/C10H7BrF3NO/c11-4-2-1-3-7-5-8(10(12,13)14)9(16)15-6-7/h5-6H,2,4H2,(H,15,16). The summed E-state index contributed by atoms with van der Waals surface area (Å²) in [5.41, 5.74) is -2.23. The lowest BCUT2D eigenvalue weighted by molar-refractivity contribution is -0.138. The van der Waals surface area contributed by atoms with Gasteiger partial charge < -0.3 is 4.98 Å². The van der Waals surface area contributed by atoms with Gasteiger partial charge in [0.1, 0.15) is 5.56 Å². The molecule has 2 nitrogen and oxygen atoms in total. The van der Waals surface area contributed by atoms with Gasteiger partial charge >= 0.3 is 6.18 Å². The molecule has 1 N–H and O–H groups in total. The molecule has 0 aliphatic carbocycles. The Bertz CT molecular complexity index is 481. The molecule has 0 fully saturated rings. The van der Waals surface area contributed by atoms with Gasteiger partial charge in [0.2, 0.25) is 0 Å². The van der Waals surface area contributed by atoms with Crippen LogP contribution in [0.25, 0.3) is 0 Å². The molecule has 0 atom stereocenters. The summed E-state index contributed by atoms with van der Waals surface area (Å²) in [7, 11) is 0. The highest BCUT2D eigenvalue weighted by Gasteiger charge is 2.33. The minimum Gasteiger partial charge on any atom is -0.327 e. The van der Waals surface area contributed by atoms with Crippen LogP contribution in [-0.2, 0) is 6.18 Å². The maximum absolute atomic E-state index is 12.3. The van der Waals surface area contributed by atoms with Crippen molar-refractivity contribution in [3.63, 3.8) is 0 Å². The number of aromatic amines is 1. The molecule has 0 saturated heterocycles. The van der Waals surface area contributed by atoms with Crippen LogP contribution in [-0.4, -0.2) is 10.3 Å². The Kier molecular flexibility index (Phi) is 4.19. The van der Waals surface area contributed by atoms with E-state index in [2.05, 4.69) is 27.8 Å². The van der Waals surface area contributed by atoms with Crippen LogP contribution >= 0.6 is 15.9 Å². The van der Waals surface area contributed by atoms with Gasteiger partial charge in [-0.1, -0.05) is 27.8 Å². The van der Waals surface area contributed by atoms with Crippen LogP contribution in [0, 0.1) is 11.8 Å². The van der Waals surface area contributed by atoms with Crippen LogP contribution in [0.1, 0.15) is 17.5 Å². The Labute approximate surface area is 98.0 Å². The number of H-pyrrole nitrogens is 1. The van der Waals surface area contributed by atoms with Crippen molar-refractivity contribution in [1.82, 2.24) is 4.98 Å². The fraction of sp³-hybridized carbons (Fsp3) is 0.300. The first-order valence-electron chi connectivity index (χ1n) is 4.30. The fourth-order valence-electron chi connectivity index (χ4n) is 0.978. The van der Waals surface area contributed by atoms with Crippen LogP contribution in [0.3, 0.4) is 0 Å². The van der Waals surface area contributed by atoms with E-state index in [0.29, 0.717) is 11.8 Å². The molecule has 0 bridgehead atoms. The average molecular weight is 294 g/mol. The molecule has 16 heavy (non-hydrogen) atoms. The average Bonchev–Trinajstić information content (AvgIpc) is 2.19. The van der Waals surface area contributed by atoms with Gasteiger partial charge in [-0.3, -0.25) is 4.79 Å². The third-order valence-corrected chi connectivity index (χ3v) is 2.06. The Morgan fingerprint density at radius 1 is 1.44 bits per heavy atom. The van der Waals surface area contributed by atoms with Gasteiger partial charge in [0.15, 0.2) is 0 Å². The Balaban J connectivity index is 3.10. The largest absolute Gasteiger partial charge is 0.421 e. The number of aromatic nitrogens is 1. The molecular formula is C10H7BrF3NO. The first-order valence-corrected chi connectivity index (χ1v) is 5.42. The van der Waals surface area contributed by atoms with Crippen LogP contribution in [0.4, 0.5) is 13.2 Å². The number of pyridine rings is 1. The summed E-state index contributed by atoms with van der Waals surface area (Å²) in [6.07, 6.45) is -2.96. The highest BCUT2D eigenvalue weighted by Crippen LogP contribution is 2.26. The predicted octanol–water partition coefficient (Wildman–Crippen LogP) is 2.53. The van der Waals surface area contributed by atoms with Crippen LogP contribution < -0.4 is 5.56 Å². The van der Waals surface area contributed by atoms with E-state index in [1.54, 1.807) is 0 Å². The SMILES string of the molecule is O=c1[nH]cc(C#CCCBr)cc1C(F)(F)F. The topological polar surface area (TPSA) is 32.9 Å². The summed E-state index contributed by atoms with van der Waals surface area (Å²) >= 11 is 3.14. The second kappa shape index (κ2) is 5.21. The third-order valence-electron chi connectivity index (χ3n) is 1.66. The number of hydrogen-bond acceptors (Lipinski definition) is 1. The third kappa shape index (κ3) is 3.42. The lowest BCUT2D eigenvalue weighted by Gasteiger charge is -2.04. The maximum Gasteiger partial charge on any atom is 0.421 e. The quantitative estimate of drug-likeness (QED) is 0.626. The molecule has 6 heteroatoms. The van der Waals surface area contributed by atoms with E-state index in [-0.39, 0.29) is 5.56 Å². The molecule has 0 aliphatic heterocycles. The summed E-state index contributed by atoms with van der Waals surface area (Å²) in [6.45, 7) is 0. The molecule has 0 aliphatic rings. The van der Waals surface area contributed by atoms with Gasteiger partial charge in [-0.25, -0.2) is 0 Å². The maximum atomic E-state index is 12.3. The number of hydrogen-bond donors (Lipinski definition) is 1. The highest BCUT2D eigenvalue weighted by molar-refractivity contribution is 9.09. The smallest absolute Gasteiger partial charge is 0.327 e. The first-order chi connectivity index (χ1) is 7.45. The lowest BCUT2D eigenvalue weighted by atomic mass is 10.2. The monoisotopic (exact) mass is 293 g/mol. The molecule has 0 radical (unpaired) electrons. The van der Waals surface area contributed by atoms with Gasteiger partial charge in [0.25, 0.3) is 5.56 Å². The minimum atomic E-state index is -4.65. The van der Waals surface area contributed by atoms with Crippen molar-refractivity contribution in [2.75, 3.05) is 5.33 Å². The molecule has 1 aromatic rings. The van der Waals surface area contributed by atoms with Crippen molar-refractivity contribution in [2.45, 2.75) is 12.6 Å².